The maximum Gasteiger partial charge on any atom is 0.227 e. The largest absolute Gasteiger partial charge is 0.356 e. The molecule has 1 aliphatic rings. The van der Waals surface area contributed by atoms with Crippen molar-refractivity contribution >= 4 is 39.3 Å². The molecule has 2 heterocycles. The summed E-state index contributed by atoms with van der Waals surface area (Å²) in [6, 6.07) is 22.0. The van der Waals surface area contributed by atoms with Gasteiger partial charge in [0.2, 0.25) is 11.8 Å². The third-order valence-corrected chi connectivity index (χ3v) is 5.96. The number of fused-ring (bicyclic) bond motifs is 2. The maximum atomic E-state index is 12.7. The summed E-state index contributed by atoms with van der Waals surface area (Å²) in [6.45, 7) is 1.78. The Balaban J connectivity index is 1.18. The molecule has 0 spiro atoms. The van der Waals surface area contributed by atoms with Crippen LogP contribution in [-0.2, 0) is 16.1 Å². The number of carbonyl (C=O) groups excluding carboxylic acids is 2. The van der Waals surface area contributed by atoms with Gasteiger partial charge in [-0.05, 0) is 30.0 Å². The first-order valence-corrected chi connectivity index (χ1v) is 10.7. The van der Waals surface area contributed by atoms with Crippen molar-refractivity contribution in [2.24, 2.45) is 5.92 Å². The van der Waals surface area contributed by atoms with Crippen molar-refractivity contribution < 1.29 is 9.59 Å². The lowest BCUT2D eigenvalue weighted by atomic mass is 10.1. The Morgan fingerprint density at radius 2 is 1.84 bits per heavy atom. The first-order chi connectivity index (χ1) is 15.2. The van der Waals surface area contributed by atoms with Crippen molar-refractivity contribution in [3.8, 4) is 0 Å². The van der Waals surface area contributed by atoms with E-state index in [1.54, 1.807) is 4.90 Å². The molecule has 1 aliphatic heterocycles. The van der Waals surface area contributed by atoms with E-state index in [0.29, 0.717) is 13.1 Å². The summed E-state index contributed by atoms with van der Waals surface area (Å²) in [5.41, 5.74) is 2.95. The van der Waals surface area contributed by atoms with E-state index in [2.05, 4.69) is 14.9 Å². The number of hydrogen-bond donors (Lipinski definition) is 1. The van der Waals surface area contributed by atoms with Crippen molar-refractivity contribution in [3.63, 3.8) is 0 Å². The van der Waals surface area contributed by atoms with E-state index in [1.807, 2.05) is 73.1 Å². The molecule has 0 radical (unpaired) electrons. The number of benzene rings is 3. The fourth-order valence-electron chi connectivity index (χ4n) is 4.35. The van der Waals surface area contributed by atoms with Crippen LogP contribution >= 0.6 is 0 Å². The molecule has 1 atom stereocenters. The number of nitrogens with zero attached hydrogens (tertiary/aromatic N) is 3. The van der Waals surface area contributed by atoms with E-state index < -0.39 is 0 Å². The smallest absolute Gasteiger partial charge is 0.227 e. The summed E-state index contributed by atoms with van der Waals surface area (Å²) < 4.78 is 2.10. The molecule has 3 aromatic carbocycles. The Labute approximate surface area is 180 Å². The number of aryl methyl sites for hydroxylation is 1. The van der Waals surface area contributed by atoms with Crippen molar-refractivity contribution in [2.45, 2.75) is 19.4 Å². The number of amides is 2. The van der Waals surface area contributed by atoms with Gasteiger partial charge < -0.3 is 14.8 Å². The minimum atomic E-state index is -0.319. The van der Waals surface area contributed by atoms with Crippen LogP contribution in [0.4, 0.5) is 5.69 Å². The Kier molecular flexibility index (Phi) is 5.12. The molecule has 2 amide bonds. The zero-order chi connectivity index (χ0) is 21.2. The second-order valence-electron chi connectivity index (χ2n) is 7.97. The van der Waals surface area contributed by atoms with Crippen LogP contribution in [0.25, 0.3) is 21.8 Å². The normalized spacial score (nSPS) is 16.3. The molecular weight excluding hydrogens is 388 g/mol. The van der Waals surface area contributed by atoms with Crippen LogP contribution in [-0.4, -0.2) is 34.5 Å². The molecule has 0 bridgehead atoms. The van der Waals surface area contributed by atoms with Crippen LogP contribution in [0.5, 0.6) is 0 Å². The molecule has 0 unspecified atom stereocenters. The quantitative estimate of drug-likeness (QED) is 0.491. The number of nitrogens with one attached hydrogen (secondary N) is 1. The number of para-hydroxylation sites is 2. The van der Waals surface area contributed by atoms with Crippen molar-refractivity contribution in [1.29, 1.82) is 0 Å². The zero-order valence-electron chi connectivity index (χ0n) is 17.2. The molecule has 31 heavy (non-hydrogen) atoms. The standard InChI is InChI=1S/C25H24N4O2/c30-24-15-19(16-29(24)22-12-5-8-18-7-1-2-9-20(18)22)25(31)26-13-6-14-28-17-27-21-10-3-4-11-23(21)28/h1-5,7-12,17,19H,6,13-16H2,(H,26,31)/t19-/m0/s1. The fourth-order valence-corrected chi connectivity index (χ4v) is 4.35. The molecule has 156 valence electrons. The number of imidazole rings is 1. The van der Waals surface area contributed by atoms with E-state index in [-0.39, 0.29) is 24.2 Å². The molecule has 6 nitrogen and oxygen atoms in total. The molecule has 0 aliphatic carbocycles. The lowest BCUT2D eigenvalue weighted by Crippen LogP contribution is -2.33. The van der Waals surface area contributed by atoms with Crippen LogP contribution in [0.3, 0.4) is 0 Å². The highest BCUT2D eigenvalue weighted by atomic mass is 16.2. The van der Waals surface area contributed by atoms with E-state index in [1.165, 1.54) is 0 Å². The van der Waals surface area contributed by atoms with Crippen LogP contribution in [0.2, 0.25) is 0 Å². The molecule has 0 saturated carbocycles. The van der Waals surface area contributed by atoms with E-state index in [0.717, 1.165) is 40.5 Å². The summed E-state index contributed by atoms with van der Waals surface area (Å²) in [5, 5.41) is 5.14. The minimum Gasteiger partial charge on any atom is -0.356 e. The van der Waals surface area contributed by atoms with Gasteiger partial charge >= 0.3 is 0 Å². The second kappa shape index (κ2) is 8.22. The predicted molar refractivity (Wildman–Crippen MR) is 122 cm³/mol. The highest BCUT2D eigenvalue weighted by Gasteiger charge is 2.35. The first-order valence-electron chi connectivity index (χ1n) is 10.7. The van der Waals surface area contributed by atoms with Gasteiger partial charge in [0, 0.05) is 31.4 Å². The van der Waals surface area contributed by atoms with E-state index in [9.17, 15) is 9.59 Å². The third-order valence-electron chi connectivity index (χ3n) is 5.96. The van der Waals surface area contributed by atoms with Crippen molar-refractivity contribution in [3.05, 3.63) is 73.1 Å². The summed E-state index contributed by atoms with van der Waals surface area (Å²) in [6.07, 6.45) is 2.89. The molecular formula is C25H24N4O2. The van der Waals surface area contributed by atoms with Gasteiger partial charge in [-0.2, -0.15) is 0 Å². The van der Waals surface area contributed by atoms with Gasteiger partial charge in [0.05, 0.1) is 29.0 Å². The summed E-state index contributed by atoms with van der Waals surface area (Å²) in [4.78, 5) is 31.5. The number of anilines is 1. The van der Waals surface area contributed by atoms with Crippen LogP contribution < -0.4 is 10.2 Å². The molecule has 1 aromatic heterocycles. The molecule has 4 aromatic rings. The SMILES string of the molecule is O=C(NCCCn1cnc2ccccc21)[C@H]1CC(=O)N(c2cccc3ccccc23)C1. The van der Waals surface area contributed by atoms with Gasteiger partial charge in [-0.3, -0.25) is 9.59 Å². The predicted octanol–water partition coefficient (Wildman–Crippen LogP) is 3.75. The molecule has 1 N–H and O–H groups in total. The topological polar surface area (TPSA) is 67.2 Å². The Morgan fingerprint density at radius 3 is 2.77 bits per heavy atom. The maximum absolute atomic E-state index is 12.7. The lowest BCUT2D eigenvalue weighted by molar-refractivity contribution is -0.126. The Hall–Kier alpha value is -3.67. The fraction of sp³-hybridized carbons (Fsp3) is 0.240. The summed E-state index contributed by atoms with van der Waals surface area (Å²) in [5.74, 6) is -0.367. The van der Waals surface area contributed by atoms with Crippen LogP contribution in [0, 0.1) is 5.92 Å². The number of aromatic nitrogens is 2. The Bertz CT molecular complexity index is 1260. The molecule has 1 fully saturated rings. The number of rotatable bonds is 6. The van der Waals surface area contributed by atoms with E-state index >= 15 is 0 Å². The van der Waals surface area contributed by atoms with Gasteiger partial charge in [-0.25, -0.2) is 4.98 Å². The molecule has 5 rings (SSSR count). The second-order valence-corrected chi connectivity index (χ2v) is 7.97. The highest BCUT2D eigenvalue weighted by molar-refractivity contribution is 6.06. The van der Waals surface area contributed by atoms with Crippen LogP contribution in [0.1, 0.15) is 12.8 Å². The first kappa shape index (κ1) is 19.3. The van der Waals surface area contributed by atoms with Crippen LogP contribution in [0.15, 0.2) is 73.1 Å². The third kappa shape index (κ3) is 3.77. The average Bonchev–Trinajstić information content (AvgIpc) is 3.40. The van der Waals surface area contributed by atoms with E-state index in [4.69, 9.17) is 0 Å². The lowest BCUT2D eigenvalue weighted by Gasteiger charge is -2.19. The average molecular weight is 412 g/mol. The van der Waals surface area contributed by atoms with Gasteiger partial charge in [-0.15, -0.1) is 0 Å². The summed E-state index contributed by atoms with van der Waals surface area (Å²) >= 11 is 0. The molecule has 6 heteroatoms. The zero-order valence-corrected chi connectivity index (χ0v) is 17.2. The van der Waals surface area contributed by atoms with Crippen molar-refractivity contribution in [2.75, 3.05) is 18.0 Å². The molecule has 1 saturated heterocycles. The van der Waals surface area contributed by atoms with Gasteiger partial charge in [0.25, 0.3) is 0 Å². The van der Waals surface area contributed by atoms with Gasteiger partial charge in [0.15, 0.2) is 0 Å². The highest BCUT2D eigenvalue weighted by Crippen LogP contribution is 2.31. The monoisotopic (exact) mass is 412 g/mol. The summed E-state index contributed by atoms with van der Waals surface area (Å²) in [7, 11) is 0. The minimum absolute atomic E-state index is 0.00129. The Morgan fingerprint density at radius 1 is 1.03 bits per heavy atom. The number of hydrogen-bond acceptors (Lipinski definition) is 3. The number of carbonyl (C=O) groups is 2. The van der Waals surface area contributed by atoms with Gasteiger partial charge in [0.1, 0.15) is 0 Å². The van der Waals surface area contributed by atoms with Crippen molar-refractivity contribution in [1.82, 2.24) is 14.9 Å². The van der Waals surface area contributed by atoms with Gasteiger partial charge in [-0.1, -0.05) is 48.5 Å².